The average molecular weight is 764 g/mol. The van der Waals surface area contributed by atoms with Gasteiger partial charge in [0.2, 0.25) is 0 Å². The lowest BCUT2D eigenvalue weighted by atomic mass is 9.53. The summed E-state index contributed by atoms with van der Waals surface area (Å²) in [5.41, 5.74) is 22.5. The van der Waals surface area contributed by atoms with E-state index in [9.17, 15) is 0 Å². The molecule has 2 aliphatic carbocycles. The Kier molecular flexibility index (Phi) is 6.18. The van der Waals surface area contributed by atoms with E-state index in [0.717, 1.165) is 27.6 Å². The van der Waals surface area contributed by atoms with Gasteiger partial charge in [-0.25, -0.2) is 0 Å². The van der Waals surface area contributed by atoms with E-state index in [1.54, 1.807) is 0 Å². The quantitative estimate of drug-likeness (QED) is 0.174. The molecule has 10 aromatic rings. The monoisotopic (exact) mass is 763 g/mol. The molecule has 4 aliphatic rings. The maximum Gasteiger partial charge on any atom is 0.137 e. The van der Waals surface area contributed by atoms with E-state index < -0.39 is 10.8 Å². The van der Waals surface area contributed by atoms with Gasteiger partial charge in [-0.15, -0.1) is 0 Å². The van der Waals surface area contributed by atoms with Crippen molar-refractivity contribution in [3.8, 4) is 22.3 Å². The van der Waals surface area contributed by atoms with Gasteiger partial charge in [0.1, 0.15) is 11.2 Å². The molecule has 1 aromatic heterocycles. The van der Waals surface area contributed by atoms with Crippen molar-refractivity contribution in [3.63, 3.8) is 0 Å². The minimum atomic E-state index is -0.644. The van der Waals surface area contributed by atoms with Gasteiger partial charge in [0.15, 0.2) is 0 Å². The molecule has 2 aliphatic heterocycles. The van der Waals surface area contributed by atoms with Gasteiger partial charge in [0.05, 0.1) is 27.9 Å². The SMILES string of the molecule is CC1c2ccccc2C2(c3ccccc3)c3cc(-c4ccccc4)cc4c3N(c3cc5oc6ccccc6c5cc3C43c4ccccc4-c4ccccc43)c3cccc1c32. The molecule has 0 amide bonds. The molecule has 0 N–H and O–H groups in total. The number of fused-ring (bicyclic) bond motifs is 16. The first-order chi connectivity index (χ1) is 29.7. The van der Waals surface area contributed by atoms with Crippen molar-refractivity contribution < 1.29 is 4.42 Å². The lowest BCUT2D eigenvalue weighted by molar-refractivity contribution is 0.649. The predicted octanol–water partition coefficient (Wildman–Crippen LogP) is 14.6. The van der Waals surface area contributed by atoms with Crippen LogP contribution in [0.25, 0.3) is 44.2 Å². The maximum absolute atomic E-state index is 6.81. The zero-order valence-corrected chi connectivity index (χ0v) is 33.0. The zero-order chi connectivity index (χ0) is 39.3. The summed E-state index contributed by atoms with van der Waals surface area (Å²) < 4.78 is 6.81. The van der Waals surface area contributed by atoms with Crippen LogP contribution in [0.5, 0.6) is 0 Å². The Hall–Kier alpha value is -7.42. The third kappa shape index (κ3) is 3.73. The summed E-state index contributed by atoms with van der Waals surface area (Å²) in [5, 5.41) is 2.28. The molecule has 280 valence electrons. The van der Waals surface area contributed by atoms with Gasteiger partial charge in [0, 0.05) is 22.8 Å². The molecule has 14 rings (SSSR count). The van der Waals surface area contributed by atoms with E-state index >= 15 is 0 Å². The smallest absolute Gasteiger partial charge is 0.137 e. The van der Waals surface area contributed by atoms with E-state index in [2.05, 4.69) is 212 Å². The standard InChI is InChI=1S/C58H37NO/c1-35-39-21-8-12-26-45(39)57(38-19-6-3-7-20-38)49-31-37(36-17-4-2-5-18-36)32-50-56(49)59(51-29-16-25-40(35)55(51)57)52-34-54-44(43-24-11-15-30-53(43)60-54)33-48(52)58(50)46-27-13-9-22-41(46)42-23-10-14-28-47(42)58/h2-35H,1H3. The van der Waals surface area contributed by atoms with Crippen LogP contribution < -0.4 is 4.90 Å². The highest BCUT2D eigenvalue weighted by Crippen LogP contribution is 2.71. The number of para-hydroxylation sites is 1. The summed E-state index contributed by atoms with van der Waals surface area (Å²) in [6, 6.07) is 75.5. The summed E-state index contributed by atoms with van der Waals surface area (Å²) in [5.74, 6) is 0.202. The lowest BCUT2D eigenvalue weighted by Crippen LogP contribution is -2.46. The average Bonchev–Trinajstić information content (AvgIpc) is 3.83. The fourth-order valence-corrected chi connectivity index (χ4v) is 12.3. The molecule has 2 unspecified atom stereocenters. The third-order valence-electron chi connectivity index (χ3n) is 14.5. The minimum absolute atomic E-state index is 0.202. The molecule has 0 saturated heterocycles. The molecule has 2 nitrogen and oxygen atoms in total. The third-order valence-corrected chi connectivity index (χ3v) is 14.5. The van der Waals surface area contributed by atoms with Gasteiger partial charge in [-0.05, 0) is 108 Å². The highest BCUT2D eigenvalue weighted by molar-refractivity contribution is 6.10. The van der Waals surface area contributed by atoms with Crippen LogP contribution in [-0.2, 0) is 10.8 Å². The van der Waals surface area contributed by atoms with Crippen LogP contribution in [0.3, 0.4) is 0 Å². The molecule has 2 atom stereocenters. The first kappa shape index (κ1) is 32.5. The molecular formula is C58H37NO. The highest BCUT2D eigenvalue weighted by atomic mass is 16.3. The lowest BCUT2D eigenvalue weighted by Gasteiger charge is -2.55. The van der Waals surface area contributed by atoms with Gasteiger partial charge in [-0.2, -0.15) is 0 Å². The largest absolute Gasteiger partial charge is 0.456 e. The van der Waals surface area contributed by atoms with Crippen molar-refractivity contribution in [2.75, 3.05) is 4.90 Å². The van der Waals surface area contributed by atoms with Gasteiger partial charge >= 0.3 is 0 Å². The molecule has 1 spiro atoms. The molecule has 3 heterocycles. The Morgan fingerprint density at radius 1 is 0.417 bits per heavy atom. The first-order valence-corrected chi connectivity index (χ1v) is 21.2. The summed E-state index contributed by atoms with van der Waals surface area (Å²) in [7, 11) is 0. The maximum atomic E-state index is 6.81. The Morgan fingerprint density at radius 2 is 1.03 bits per heavy atom. The van der Waals surface area contributed by atoms with Crippen molar-refractivity contribution >= 4 is 39.0 Å². The first-order valence-electron chi connectivity index (χ1n) is 21.2. The summed E-state index contributed by atoms with van der Waals surface area (Å²) in [4.78, 5) is 2.64. The Bertz CT molecular complexity index is 3420. The van der Waals surface area contributed by atoms with E-state index in [1.165, 1.54) is 89.3 Å². The van der Waals surface area contributed by atoms with Crippen LogP contribution in [0.1, 0.15) is 68.5 Å². The second-order valence-electron chi connectivity index (χ2n) is 17.1. The van der Waals surface area contributed by atoms with Gasteiger partial charge in [0.25, 0.3) is 0 Å². The van der Waals surface area contributed by atoms with Crippen molar-refractivity contribution in [1.82, 2.24) is 0 Å². The van der Waals surface area contributed by atoms with Gasteiger partial charge in [-0.3, -0.25) is 0 Å². The number of anilines is 3. The Balaban J connectivity index is 1.26. The summed E-state index contributed by atoms with van der Waals surface area (Å²) in [6.45, 7) is 2.40. The summed E-state index contributed by atoms with van der Waals surface area (Å²) >= 11 is 0. The normalized spacial score (nSPS) is 18.1. The summed E-state index contributed by atoms with van der Waals surface area (Å²) in [6.07, 6.45) is 0. The minimum Gasteiger partial charge on any atom is -0.456 e. The van der Waals surface area contributed by atoms with E-state index in [1.807, 2.05) is 0 Å². The number of hydrogen-bond donors (Lipinski definition) is 0. The van der Waals surface area contributed by atoms with Crippen molar-refractivity contribution in [3.05, 3.63) is 256 Å². The van der Waals surface area contributed by atoms with E-state index in [-0.39, 0.29) is 5.92 Å². The van der Waals surface area contributed by atoms with Crippen LogP contribution in [0.4, 0.5) is 17.1 Å². The second kappa shape index (κ2) is 11.4. The van der Waals surface area contributed by atoms with Crippen molar-refractivity contribution in [2.24, 2.45) is 0 Å². The van der Waals surface area contributed by atoms with Crippen LogP contribution in [0.15, 0.2) is 205 Å². The fourth-order valence-electron chi connectivity index (χ4n) is 12.3. The molecule has 2 heteroatoms. The number of furan rings is 1. The highest BCUT2D eigenvalue weighted by Gasteiger charge is 2.58. The molecule has 0 radical (unpaired) electrons. The molecule has 60 heavy (non-hydrogen) atoms. The predicted molar refractivity (Wildman–Crippen MR) is 244 cm³/mol. The second-order valence-corrected chi connectivity index (χ2v) is 17.1. The van der Waals surface area contributed by atoms with E-state index in [0.29, 0.717) is 0 Å². The van der Waals surface area contributed by atoms with Crippen molar-refractivity contribution in [1.29, 1.82) is 0 Å². The number of benzene rings is 9. The number of hydrogen-bond acceptors (Lipinski definition) is 2. The topological polar surface area (TPSA) is 16.4 Å². The molecule has 0 bridgehead atoms. The van der Waals surface area contributed by atoms with Crippen LogP contribution in [-0.4, -0.2) is 0 Å². The molecule has 0 fully saturated rings. The van der Waals surface area contributed by atoms with E-state index in [4.69, 9.17) is 4.42 Å². The van der Waals surface area contributed by atoms with Gasteiger partial charge in [-0.1, -0.05) is 171 Å². The Labute approximate surface area is 348 Å². The molecule has 9 aromatic carbocycles. The molecule has 0 saturated carbocycles. The van der Waals surface area contributed by atoms with Crippen LogP contribution in [0.2, 0.25) is 0 Å². The molecular weight excluding hydrogens is 727 g/mol. The fraction of sp³-hybridized carbons (Fsp3) is 0.0690. The van der Waals surface area contributed by atoms with Crippen LogP contribution in [0, 0.1) is 0 Å². The number of rotatable bonds is 2. The van der Waals surface area contributed by atoms with Crippen LogP contribution >= 0.6 is 0 Å². The van der Waals surface area contributed by atoms with Gasteiger partial charge < -0.3 is 9.32 Å². The zero-order valence-electron chi connectivity index (χ0n) is 33.0. The van der Waals surface area contributed by atoms with Crippen molar-refractivity contribution in [2.45, 2.75) is 23.7 Å². The Morgan fingerprint density at radius 3 is 1.80 bits per heavy atom. The number of nitrogens with zero attached hydrogens (tertiary/aromatic N) is 1.